The maximum Gasteiger partial charge on any atom is 0.416 e. The van der Waals surface area contributed by atoms with Crippen molar-refractivity contribution in [2.24, 2.45) is 5.92 Å². The van der Waals surface area contributed by atoms with Gasteiger partial charge in [0.1, 0.15) is 5.54 Å². The highest BCUT2D eigenvalue weighted by Crippen LogP contribution is 2.38. The maximum atomic E-state index is 13.2. The molecule has 1 unspecified atom stereocenters. The predicted molar refractivity (Wildman–Crippen MR) is 71.5 cm³/mol. The van der Waals surface area contributed by atoms with E-state index in [9.17, 15) is 18.0 Å². The Kier molecular flexibility index (Phi) is 4.27. The first-order valence-electron chi connectivity index (χ1n) is 6.79. The van der Waals surface area contributed by atoms with Crippen molar-refractivity contribution in [1.29, 1.82) is 0 Å². The molecule has 1 fully saturated rings. The van der Waals surface area contributed by atoms with E-state index in [-0.39, 0.29) is 5.56 Å². The second kappa shape index (κ2) is 5.67. The number of hydrogen-bond donors (Lipinski definition) is 1. The monoisotopic (exact) mass is 301 g/mol. The van der Waals surface area contributed by atoms with E-state index in [2.05, 4.69) is 5.32 Å². The lowest BCUT2D eigenvalue weighted by Crippen LogP contribution is -2.49. The van der Waals surface area contributed by atoms with Crippen LogP contribution in [-0.2, 0) is 21.2 Å². The van der Waals surface area contributed by atoms with Gasteiger partial charge in [0, 0.05) is 0 Å². The topological polar surface area (TPSA) is 38.3 Å². The summed E-state index contributed by atoms with van der Waals surface area (Å²) in [6.07, 6.45) is -2.45. The van der Waals surface area contributed by atoms with Crippen LogP contribution >= 0.6 is 0 Å². The number of alkyl halides is 3. The van der Waals surface area contributed by atoms with Gasteiger partial charge in [-0.15, -0.1) is 0 Å². The van der Waals surface area contributed by atoms with Crippen LogP contribution in [0.25, 0.3) is 0 Å². The highest BCUT2D eigenvalue weighted by molar-refractivity contribution is 5.82. The molecule has 116 valence electrons. The average Bonchev–Trinajstić information content (AvgIpc) is 3.27. The molecule has 1 aromatic rings. The predicted octanol–water partition coefficient (Wildman–Crippen LogP) is 3.09. The van der Waals surface area contributed by atoms with Crippen LogP contribution in [0, 0.1) is 5.92 Å². The molecule has 0 amide bonds. The van der Waals surface area contributed by atoms with Gasteiger partial charge in [-0.1, -0.05) is 18.2 Å². The van der Waals surface area contributed by atoms with Gasteiger partial charge in [0.05, 0.1) is 12.7 Å². The third-order valence-electron chi connectivity index (χ3n) is 3.81. The molecule has 0 heterocycles. The molecular formula is C15H18F3NO2. The number of halogens is 3. The van der Waals surface area contributed by atoms with Gasteiger partial charge < -0.3 is 4.74 Å². The van der Waals surface area contributed by atoms with E-state index in [1.54, 1.807) is 0 Å². The zero-order chi connectivity index (χ0) is 15.7. The third-order valence-corrected chi connectivity index (χ3v) is 3.81. The number of nitrogens with one attached hydrogen (secondary N) is 1. The van der Waals surface area contributed by atoms with Gasteiger partial charge >= 0.3 is 12.1 Å². The van der Waals surface area contributed by atoms with Gasteiger partial charge in [0.25, 0.3) is 0 Å². The first kappa shape index (κ1) is 15.8. The molecule has 1 atom stereocenters. The van der Waals surface area contributed by atoms with Gasteiger partial charge in [-0.2, -0.15) is 13.2 Å². The number of esters is 1. The van der Waals surface area contributed by atoms with E-state index in [1.807, 2.05) is 0 Å². The number of methoxy groups -OCH3 is 1. The van der Waals surface area contributed by atoms with Crippen LogP contribution in [0.2, 0.25) is 0 Å². The smallest absolute Gasteiger partial charge is 0.416 e. The molecule has 2 rings (SSSR count). The van der Waals surface area contributed by atoms with E-state index in [0.29, 0.717) is 12.5 Å². The van der Waals surface area contributed by atoms with Crippen molar-refractivity contribution in [3.8, 4) is 0 Å². The van der Waals surface area contributed by atoms with Crippen molar-refractivity contribution >= 4 is 5.97 Å². The second-order valence-electron chi connectivity index (χ2n) is 5.48. The van der Waals surface area contributed by atoms with Gasteiger partial charge in [0.15, 0.2) is 0 Å². The standard InChI is InChI=1S/C15H18F3NO2/c1-14(13(20)21-2,19-9-10-7-8-10)11-5-3-4-6-12(11)15(16,17)18/h3-6,10,19H,7-9H2,1-2H3. The highest BCUT2D eigenvalue weighted by atomic mass is 19.4. The summed E-state index contributed by atoms with van der Waals surface area (Å²) in [7, 11) is 1.18. The highest BCUT2D eigenvalue weighted by Gasteiger charge is 2.44. The maximum absolute atomic E-state index is 13.2. The van der Waals surface area contributed by atoms with E-state index >= 15 is 0 Å². The summed E-state index contributed by atoms with van der Waals surface area (Å²) in [6, 6.07) is 5.10. The van der Waals surface area contributed by atoms with E-state index < -0.39 is 23.2 Å². The van der Waals surface area contributed by atoms with E-state index in [0.717, 1.165) is 18.9 Å². The lowest BCUT2D eigenvalue weighted by atomic mass is 9.87. The summed E-state index contributed by atoms with van der Waals surface area (Å²) in [4.78, 5) is 12.1. The summed E-state index contributed by atoms with van der Waals surface area (Å²) in [6.45, 7) is 1.93. The van der Waals surface area contributed by atoms with Crippen molar-refractivity contribution in [2.75, 3.05) is 13.7 Å². The summed E-state index contributed by atoms with van der Waals surface area (Å²) in [5.74, 6) is -0.299. The first-order chi connectivity index (χ1) is 9.79. The van der Waals surface area contributed by atoms with Crippen LogP contribution in [-0.4, -0.2) is 19.6 Å². The minimum absolute atomic E-state index is 0.106. The Morgan fingerprint density at radius 2 is 1.86 bits per heavy atom. The largest absolute Gasteiger partial charge is 0.467 e. The van der Waals surface area contributed by atoms with E-state index in [1.165, 1.54) is 32.2 Å². The molecular weight excluding hydrogens is 283 g/mol. The third kappa shape index (κ3) is 3.37. The summed E-state index contributed by atoms with van der Waals surface area (Å²) >= 11 is 0. The van der Waals surface area contributed by atoms with Gasteiger partial charge in [-0.3, -0.25) is 5.32 Å². The molecule has 21 heavy (non-hydrogen) atoms. The van der Waals surface area contributed by atoms with Crippen molar-refractivity contribution in [3.05, 3.63) is 35.4 Å². The first-order valence-corrected chi connectivity index (χ1v) is 6.79. The number of ether oxygens (including phenoxy) is 1. The molecule has 0 spiro atoms. The molecule has 0 bridgehead atoms. The Balaban J connectivity index is 2.42. The molecule has 0 aromatic heterocycles. The fourth-order valence-corrected chi connectivity index (χ4v) is 2.32. The molecule has 6 heteroatoms. The zero-order valence-corrected chi connectivity index (χ0v) is 12.0. The lowest BCUT2D eigenvalue weighted by Gasteiger charge is -2.31. The van der Waals surface area contributed by atoms with Crippen molar-refractivity contribution in [2.45, 2.75) is 31.5 Å². The molecule has 3 nitrogen and oxygen atoms in total. The van der Waals surface area contributed by atoms with Crippen LogP contribution in [0.4, 0.5) is 13.2 Å². The SMILES string of the molecule is COC(=O)C(C)(NCC1CC1)c1ccccc1C(F)(F)F. The fourth-order valence-electron chi connectivity index (χ4n) is 2.32. The Hall–Kier alpha value is -1.56. The molecule has 0 aliphatic heterocycles. The molecule has 1 saturated carbocycles. The minimum atomic E-state index is -4.52. The van der Waals surface area contributed by atoms with Crippen LogP contribution < -0.4 is 5.32 Å². The summed E-state index contributed by atoms with van der Waals surface area (Å²) in [5, 5.41) is 2.96. The van der Waals surface area contributed by atoms with Crippen LogP contribution in [0.3, 0.4) is 0 Å². The van der Waals surface area contributed by atoms with Crippen LogP contribution in [0.1, 0.15) is 30.9 Å². The van der Waals surface area contributed by atoms with Crippen LogP contribution in [0.5, 0.6) is 0 Å². The summed E-state index contributed by atoms with van der Waals surface area (Å²) < 4.78 is 44.3. The van der Waals surface area contributed by atoms with Crippen LogP contribution in [0.15, 0.2) is 24.3 Å². The average molecular weight is 301 g/mol. The summed E-state index contributed by atoms with van der Waals surface area (Å²) in [5.41, 5.74) is -2.44. The molecule has 1 N–H and O–H groups in total. The zero-order valence-electron chi connectivity index (χ0n) is 12.0. The Morgan fingerprint density at radius 1 is 1.29 bits per heavy atom. The Morgan fingerprint density at radius 3 is 2.33 bits per heavy atom. The van der Waals surface area contributed by atoms with E-state index in [4.69, 9.17) is 4.74 Å². The van der Waals surface area contributed by atoms with Crippen molar-refractivity contribution < 1.29 is 22.7 Å². The molecule has 0 radical (unpaired) electrons. The van der Waals surface area contributed by atoms with Crippen molar-refractivity contribution in [3.63, 3.8) is 0 Å². The molecule has 1 aliphatic carbocycles. The number of carbonyl (C=O) groups excluding carboxylic acids is 1. The molecule has 0 saturated heterocycles. The second-order valence-corrected chi connectivity index (χ2v) is 5.48. The number of benzene rings is 1. The Labute approximate surface area is 121 Å². The number of rotatable bonds is 5. The molecule has 1 aromatic carbocycles. The van der Waals surface area contributed by atoms with Crippen molar-refractivity contribution in [1.82, 2.24) is 5.32 Å². The van der Waals surface area contributed by atoms with Gasteiger partial charge in [-0.05, 0) is 43.9 Å². The van der Waals surface area contributed by atoms with Gasteiger partial charge in [0.2, 0.25) is 0 Å². The minimum Gasteiger partial charge on any atom is -0.467 e. The number of hydrogen-bond acceptors (Lipinski definition) is 3. The Bertz CT molecular complexity index is 526. The molecule has 1 aliphatic rings. The lowest BCUT2D eigenvalue weighted by molar-refractivity contribution is -0.150. The quantitative estimate of drug-likeness (QED) is 0.849. The van der Waals surface area contributed by atoms with Gasteiger partial charge in [-0.25, -0.2) is 4.79 Å². The normalized spacial score (nSPS) is 18.1. The fraction of sp³-hybridized carbons (Fsp3) is 0.533. The number of carbonyl (C=O) groups is 1.